The lowest BCUT2D eigenvalue weighted by Crippen LogP contribution is -2.38. The van der Waals surface area contributed by atoms with Crippen LogP contribution in [0.4, 0.5) is 11.5 Å². The Morgan fingerprint density at radius 1 is 1.06 bits per heavy atom. The highest BCUT2D eigenvalue weighted by molar-refractivity contribution is 5.57. The molecule has 0 amide bonds. The van der Waals surface area contributed by atoms with Crippen LogP contribution in [0.3, 0.4) is 0 Å². The Hall–Kier alpha value is -3.16. The van der Waals surface area contributed by atoms with Gasteiger partial charge in [-0.3, -0.25) is 9.88 Å². The van der Waals surface area contributed by atoms with E-state index in [2.05, 4.69) is 20.2 Å². The van der Waals surface area contributed by atoms with Crippen molar-refractivity contribution in [3.05, 3.63) is 71.7 Å². The molecule has 3 heterocycles. The fourth-order valence-corrected chi connectivity index (χ4v) is 3.76. The topological polar surface area (TPSA) is 68.7 Å². The van der Waals surface area contributed by atoms with Crippen molar-refractivity contribution in [1.29, 1.82) is 0 Å². The number of methoxy groups -OCH3 is 2. The molecule has 1 aromatic carbocycles. The molecule has 1 saturated heterocycles. The summed E-state index contributed by atoms with van der Waals surface area (Å²) in [5.74, 6) is 2.50. The molecule has 4 rings (SSSR count). The summed E-state index contributed by atoms with van der Waals surface area (Å²) >= 11 is 0. The molecule has 1 fully saturated rings. The van der Waals surface area contributed by atoms with Crippen LogP contribution in [-0.2, 0) is 11.3 Å². The second-order valence-corrected chi connectivity index (χ2v) is 7.50. The number of benzene rings is 1. The van der Waals surface area contributed by atoms with Gasteiger partial charge in [-0.05, 0) is 42.8 Å². The minimum atomic E-state index is -0.0833. The number of pyridine rings is 2. The van der Waals surface area contributed by atoms with Crippen LogP contribution >= 0.6 is 0 Å². The van der Waals surface area contributed by atoms with Gasteiger partial charge in [0, 0.05) is 25.8 Å². The number of aromatic nitrogens is 2. The number of nitrogens with one attached hydrogen (secondary N) is 1. The van der Waals surface area contributed by atoms with E-state index in [0.717, 1.165) is 59.5 Å². The molecule has 162 valence electrons. The van der Waals surface area contributed by atoms with E-state index in [4.69, 9.17) is 14.2 Å². The van der Waals surface area contributed by atoms with E-state index in [1.165, 1.54) is 0 Å². The minimum Gasteiger partial charge on any atom is -0.496 e. The second kappa shape index (κ2) is 9.76. The van der Waals surface area contributed by atoms with Crippen LogP contribution in [0.1, 0.15) is 22.9 Å². The number of ether oxygens (including phenoxy) is 3. The number of morpholine rings is 1. The molecule has 0 spiro atoms. The van der Waals surface area contributed by atoms with Crippen LogP contribution in [0.25, 0.3) is 0 Å². The quantitative estimate of drug-likeness (QED) is 0.617. The van der Waals surface area contributed by atoms with Crippen molar-refractivity contribution in [1.82, 2.24) is 14.9 Å². The summed E-state index contributed by atoms with van der Waals surface area (Å²) in [6.07, 6.45) is 3.52. The van der Waals surface area contributed by atoms with Gasteiger partial charge < -0.3 is 19.5 Å². The molecule has 0 radical (unpaired) electrons. The van der Waals surface area contributed by atoms with Gasteiger partial charge in [-0.15, -0.1) is 0 Å². The van der Waals surface area contributed by atoms with Gasteiger partial charge in [-0.2, -0.15) is 0 Å². The fourth-order valence-electron chi connectivity index (χ4n) is 3.76. The first-order valence-electron chi connectivity index (χ1n) is 10.4. The van der Waals surface area contributed by atoms with E-state index in [0.29, 0.717) is 6.61 Å². The van der Waals surface area contributed by atoms with Crippen molar-refractivity contribution in [3.8, 4) is 11.5 Å². The molecular formula is C24H28N4O3. The summed E-state index contributed by atoms with van der Waals surface area (Å²) in [7, 11) is 3.37. The molecule has 7 nitrogen and oxygen atoms in total. The summed E-state index contributed by atoms with van der Waals surface area (Å²) in [6.45, 7) is 5.00. The van der Waals surface area contributed by atoms with Crippen molar-refractivity contribution in [2.24, 2.45) is 0 Å². The molecule has 2 aromatic heterocycles. The van der Waals surface area contributed by atoms with E-state index < -0.39 is 0 Å². The molecule has 0 aliphatic carbocycles. The van der Waals surface area contributed by atoms with Crippen LogP contribution in [-0.4, -0.2) is 48.8 Å². The van der Waals surface area contributed by atoms with Crippen LogP contribution in [0.15, 0.2) is 54.9 Å². The van der Waals surface area contributed by atoms with E-state index in [9.17, 15) is 0 Å². The highest BCUT2D eigenvalue weighted by Gasteiger charge is 2.25. The largest absolute Gasteiger partial charge is 0.496 e. The molecule has 31 heavy (non-hydrogen) atoms. The Morgan fingerprint density at radius 2 is 1.87 bits per heavy atom. The number of nitrogens with zero attached hydrogens (tertiary/aromatic N) is 3. The number of anilines is 2. The molecule has 0 saturated carbocycles. The summed E-state index contributed by atoms with van der Waals surface area (Å²) in [5, 5.41) is 3.32. The third-order valence-corrected chi connectivity index (χ3v) is 5.45. The van der Waals surface area contributed by atoms with Gasteiger partial charge in [0.15, 0.2) is 0 Å². The van der Waals surface area contributed by atoms with E-state index in [1.807, 2.05) is 55.6 Å². The third-order valence-electron chi connectivity index (χ3n) is 5.45. The zero-order valence-electron chi connectivity index (χ0n) is 18.2. The average molecular weight is 421 g/mol. The molecule has 1 aliphatic heterocycles. The Kier molecular flexibility index (Phi) is 6.64. The Balaban J connectivity index is 1.44. The number of rotatable bonds is 7. The van der Waals surface area contributed by atoms with Crippen molar-refractivity contribution in [2.45, 2.75) is 19.6 Å². The molecular weight excluding hydrogens is 392 g/mol. The van der Waals surface area contributed by atoms with Crippen molar-refractivity contribution in [2.75, 3.05) is 39.2 Å². The monoisotopic (exact) mass is 420 g/mol. The van der Waals surface area contributed by atoms with Crippen LogP contribution < -0.4 is 14.8 Å². The number of aryl methyl sites for hydroxylation is 1. The lowest BCUT2D eigenvalue weighted by atomic mass is 10.1. The highest BCUT2D eigenvalue weighted by Crippen LogP contribution is 2.31. The molecule has 1 atom stereocenters. The first kappa shape index (κ1) is 21.1. The standard InChI is InChI=1S/C24H28N4O3/c1-17-6-5-11-25-24(17)27-18-9-10-20(26-14-18)23-16-28(12-13-31-23)15-19-21(29-2)7-4-8-22(19)30-3/h4-11,14,23H,12-13,15-16H2,1-3H3,(H,25,27)/t23-/m1/s1. The Morgan fingerprint density at radius 3 is 2.55 bits per heavy atom. The predicted molar refractivity (Wildman–Crippen MR) is 120 cm³/mol. The maximum Gasteiger partial charge on any atom is 0.133 e. The molecule has 7 heteroatoms. The van der Waals surface area contributed by atoms with Crippen molar-refractivity contribution >= 4 is 11.5 Å². The summed E-state index contributed by atoms with van der Waals surface area (Å²) in [5.41, 5.74) is 3.95. The zero-order chi connectivity index (χ0) is 21.6. The lowest BCUT2D eigenvalue weighted by molar-refractivity contribution is -0.0353. The van der Waals surface area contributed by atoms with Gasteiger partial charge in [0.05, 0.1) is 44.0 Å². The van der Waals surface area contributed by atoms with Gasteiger partial charge in [0.25, 0.3) is 0 Å². The fraction of sp³-hybridized carbons (Fsp3) is 0.333. The van der Waals surface area contributed by atoms with Crippen molar-refractivity contribution < 1.29 is 14.2 Å². The van der Waals surface area contributed by atoms with Gasteiger partial charge in [-0.1, -0.05) is 12.1 Å². The highest BCUT2D eigenvalue weighted by atomic mass is 16.5. The van der Waals surface area contributed by atoms with Crippen LogP contribution in [0.5, 0.6) is 11.5 Å². The van der Waals surface area contributed by atoms with E-state index in [-0.39, 0.29) is 6.10 Å². The minimum absolute atomic E-state index is 0.0833. The zero-order valence-corrected chi connectivity index (χ0v) is 18.2. The van der Waals surface area contributed by atoms with Crippen LogP contribution in [0.2, 0.25) is 0 Å². The first-order chi connectivity index (χ1) is 15.2. The molecule has 1 aliphatic rings. The van der Waals surface area contributed by atoms with Gasteiger partial charge in [0.2, 0.25) is 0 Å². The van der Waals surface area contributed by atoms with Gasteiger partial charge in [-0.25, -0.2) is 4.98 Å². The van der Waals surface area contributed by atoms with Crippen molar-refractivity contribution in [3.63, 3.8) is 0 Å². The van der Waals surface area contributed by atoms with E-state index >= 15 is 0 Å². The lowest BCUT2D eigenvalue weighted by Gasteiger charge is -2.33. The second-order valence-electron chi connectivity index (χ2n) is 7.50. The summed E-state index contributed by atoms with van der Waals surface area (Å²) in [6, 6.07) is 13.8. The molecule has 0 bridgehead atoms. The average Bonchev–Trinajstić information content (AvgIpc) is 2.81. The number of hydrogen-bond donors (Lipinski definition) is 1. The molecule has 3 aromatic rings. The summed E-state index contributed by atoms with van der Waals surface area (Å²) < 4.78 is 17.1. The SMILES string of the molecule is COc1cccc(OC)c1CN1CCO[C@@H](c2ccc(Nc3ncccc3C)cn2)C1. The normalized spacial score (nSPS) is 16.7. The third kappa shape index (κ3) is 4.95. The smallest absolute Gasteiger partial charge is 0.133 e. The Labute approximate surface area is 183 Å². The molecule has 0 unspecified atom stereocenters. The Bertz CT molecular complexity index is 988. The van der Waals surface area contributed by atoms with E-state index in [1.54, 1.807) is 20.4 Å². The van der Waals surface area contributed by atoms with Crippen LogP contribution in [0, 0.1) is 6.92 Å². The first-order valence-corrected chi connectivity index (χ1v) is 10.4. The maximum atomic E-state index is 6.02. The molecule has 1 N–H and O–H groups in total. The summed E-state index contributed by atoms with van der Waals surface area (Å²) in [4.78, 5) is 11.4. The predicted octanol–water partition coefficient (Wildman–Crippen LogP) is 4.12. The maximum absolute atomic E-state index is 6.02. The number of hydrogen-bond acceptors (Lipinski definition) is 7. The van der Waals surface area contributed by atoms with Gasteiger partial charge in [0.1, 0.15) is 23.4 Å². The van der Waals surface area contributed by atoms with Gasteiger partial charge >= 0.3 is 0 Å².